The number of aromatic nitrogens is 2. The van der Waals surface area contributed by atoms with E-state index >= 15 is 0 Å². The zero-order valence-electron chi connectivity index (χ0n) is 10.9. The first kappa shape index (κ1) is 14.0. The summed E-state index contributed by atoms with van der Waals surface area (Å²) in [6.45, 7) is 1.58. The summed E-state index contributed by atoms with van der Waals surface area (Å²) < 4.78 is 15.4. The first-order valence-corrected chi connectivity index (χ1v) is 6.88. The van der Waals surface area contributed by atoms with E-state index < -0.39 is 11.5 Å². The second-order valence-electron chi connectivity index (χ2n) is 4.55. The lowest BCUT2D eigenvalue weighted by Crippen LogP contribution is -2.23. The molecule has 3 aromatic rings. The van der Waals surface area contributed by atoms with Gasteiger partial charge in [0.2, 0.25) is 0 Å². The maximum atomic E-state index is 14.2. The summed E-state index contributed by atoms with van der Waals surface area (Å²) >= 11 is 12.1. The van der Waals surface area contributed by atoms with E-state index in [1.807, 2.05) is 0 Å². The average Bonchev–Trinajstić information content (AvgIpc) is 2.39. The highest BCUT2D eigenvalue weighted by Crippen LogP contribution is 2.27. The molecule has 0 unspecified atom stereocenters. The minimum atomic E-state index is -0.533. The monoisotopic (exact) mass is 322 g/mol. The van der Waals surface area contributed by atoms with Crippen LogP contribution in [0, 0.1) is 12.7 Å². The Hall–Kier alpha value is -1.91. The molecular weight excluding hydrogens is 314 g/mol. The van der Waals surface area contributed by atoms with Crippen molar-refractivity contribution in [3.63, 3.8) is 0 Å². The number of rotatable bonds is 1. The van der Waals surface area contributed by atoms with Crippen LogP contribution in [0.4, 0.5) is 4.39 Å². The van der Waals surface area contributed by atoms with Gasteiger partial charge in [-0.1, -0.05) is 35.3 Å². The molecule has 0 aliphatic heterocycles. The summed E-state index contributed by atoms with van der Waals surface area (Å²) in [6.07, 6.45) is 0. The van der Waals surface area contributed by atoms with Gasteiger partial charge in [-0.3, -0.25) is 4.57 Å². The zero-order chi connectivity index (χ0) is 15.1. The molecule has 0 aliphatic carbocycles. The number of halogens is 3. The van der Waals surface area contributed by atoms with Gasteiger partial charge < -0.3 is 0 Å². The highest BCUT2D eigenvalue weighted by Gasteiger charge is 2.15. The second kappa shape index (κ2) is 5.13. The van der Waals surface area contributed by atoms with E-state index in [2.05, 4.69) is 4.98 Å². The average molecular weight is 323 g/mol. The Labute approximate surface area is 129 Å². The number of hydrogen-bond donors (Lipinski definition) is 0. The van der Waals surface area contributed by atoms with Crippen LogP contribution in [-0.2, 0) is 0 Å². The standard InChI is InChI=1S/C15H9Cl2FN2O/c1-8-14-11(18)6-9(16)7-13(14)20(15(21)19-8)12-5-3-2-4-10(12)17/h2-7H,1H3. The molecule has 0 atom stereocenters. The van der Waals surface area contributed by atoms with Crippen molar-refractivity contribution < 1.29 is 4.39 Å². The quantitative estimate of drug-likeness (QED) is 0.674. The van der Waals surface area contributed by atoms with Gasteiger partial charge in [-0.05, 0) is 31.2 Å². The highest BCUT2D eigenvalue weighted by atomic mass is 35.5. The largest absolute Gasteiger partial charge is 0.352 e. The molecule has 0 saturated carbocycles. The molecule has 2 aromatic carbocycles. The van der Waals surface area contributed by atoms with Crippen LogP contribution in [0.15, 0.2) is 41.2 Å². The summed E-state index contributed by atoms with van der Waals surface area (Å²) in [5, 5.41) is 0.816. The molecule has 0 amide bonds. The Balaban J connectivity index is 2.54. The molecule has 1 aromatic heterocycles. The van der Waals surface area contributed by atoms with E-state index in [1.54, 1.807) is 31.2 Å². The number of para-hydroxylation sites is 1. The number of hydrogen-bond acceptors (Lipinski definition) is 2. The van der Waals surface area contributed by atoms with Gasteiger partial charge in [0.15, 0.2) is 0 Å². The molecule has 6 heteroatoms. The molecule has 0 radical (unpaired) electrons. The Bertz CT molecular complexity index is 921. The van der Waals surface area contributed by atoms with Crippen LogP contribution in [-0.4, -0.2) is 9.55 Å². The van der Waals surface area contributed by atoms with Gasteiger partial charge >= 0.3 is 5.69 Å². The highest BCUT2D eigenvalue weighted by molar-refractivity contribution is 6.32. The molecule has 21 heavy (non-hydrogen) atoms. The summed E-state index contributed by atoms with van der Waals surface area (Å²) in [6, 6.07) is 9.52. The van der Waals surface area contributed by atoms with Crippen molar-refractivity contribution in [1.29, 1.82) is 0 Å². The third-order valence-electron chi connectivity index (χ3n) is 3.18. The lowest BCUT2D eigenvalue weighted by Gasteiger charge is -2.13. The number of benzene rings is 2. The predicted octanol–water partition coefficient (Wildman–Crippen LogP) is 4.14. The van der Waals surface area contributed by atoms with E-state index in [1.165, 1.54) is 16.7 Å². The Morgan fingerprint density at radius 2 is 1.90 bits per heavy atom. The first-order valence-electron chi connectivity index (χ1n) is 6.12. The Morgan fingerprint density at radius 1 is 1.19 bits per heavy atom. The van der Waals surface area contributed by atoms with Crippen molar-refractivity contribution in [2.24, 2.45) is 0 Å². The molecule has 3 rings (SSSR count). The van der Waals surface area contributed by atoms with Crippen molar-refractivity contribution in [3.8, 4) is 5.69 Å². The number of nitrogens with zero attached hydrogens (tertiary/aromatic N) is 2. The minimum absolute atomic E-state index is 0.200. The normalized spacial score (nSPS) is 11.0. The van der Waals surface area contributed by atoms with Gasteiger partial charge in [0.25, 0.3) is 0 Å². The fraction of sp³-hybridized carbons (Fsp3) is 0.0667. The number of fused-ring (bicyclic) bond motifs is 1. The maximum Gasteiger partial charge on any atom is 0.352 e. The SMILES string of the molecule is Cc1nc(=O)n(-c2ccccc2Cl)c2cc(Cl)cc(F)c12. The Kier molecular flexibility index (Phi) is 3.43. The van der Waals surface area contributed by atoms with E-state index in [0.717, 1.165) is 0 Å². The molecule has 0 bridgehead atoms. The summed E-state index contributed by atoms with van der Waals surface area (Å²) in [5.74, 6) is -0.525. The minimum Gasteiger partial charge on any atom is -0.259 e. The van der Waals surface area contributed by atoms with E-state index in [-0.39, 0.29) is 10.4 Å². The molecule has 0 fully saturated rings. The smallest absolute Gasteiger partial charge is 0.259 e. The van der Waals surface area contributed by atoms with Gasteiger partial charge in [0.05, 0.1) is 27.3 Å². The van der Waals surface area contributed by atoms with Gasteiger partial charge in [-0.15, -0.1) is 0 Å². The van der Waals surface area contributed by atoms with Crippen LogP contribution < -0.4 is 5.69 Å². The lowest BCUT2D eigenvalue weighted by atomic mass is 10.1. The van der Waals surface area contributed by atoms with Crippen molar-refractivity contribution in [2.45, 2.75) is 6.92 Å². The summed E-state index contributed by atoms with van der Waals surface area (Å²) in [7, 11) is 0. The van der Waals surface area contributed by atoms with Crippen molar-refractivity contribution in [2.75, 3.05) is 0 Å². The van der Waals surface area contributed by atoms with E-state index in [0.29, 0.717) is 21.9 Å². The van der Waals surface area contributed by atoms with Crippen LogP contribution in [0.1, 0.15) is 5.69 Å². The van der Waals surface area contributed by atoms with Gasteiger partial charge in [-0.25, -0.2) is 9.18 Å². The third-order valence-corrected chi connectivity index (χ3v) is 3.72. The fourth-order valence-corrected chi connectivity index (χ4v) is 2.73. The molecule has 0 spiro atoms. The van der Waals surface area contributed by atoms with E-state index in [4.69, 9.17) is 23.2 Å². The Morgan fingerprint density at radius 3 is 2.62 bits per heavy atom. The van der Waals surface area contributed by atoms with Crippen LogP contribution in [0.5, 0.6) is 0 Å². The van der Waals surface area contributed by atoms with Gasteiger partial charge in [0, 0.05) is 5.02 Å². The molecule has 0 N–H and O–H groups in total. The molecule has 3 nitrogen and oxygen atoms in total. The fourth-order valence-electron chi connectivity index (χ4n) is 2.31. The second-order valence-corrected chi connectivity index (χ2v) is 5.39. The third kappa shape index (κ3) is 2.30. The van der Waals surface area contributed by atoms with Crippen LogP contribution in [0.25, 0.3) is 16.6 Å². The first-order chi connectivity index (χ1) is 9.99. The van der Waals surface area contributed by atoms with Crippen molar-refractivity contribution >= 4 is 34.1 Å². The van der Waals surface area contributed by atoms with Crippen LogP contribution in [0.3, 0.4) is 0 Å². The zero-order valence-corrected chi connectivity index (χ0v) is 12.4. The van der Waals surface area contributed by atoms with Crippen LogP contribution in [0.2, 0.25) is 10.0 Å². The summed E-state index contributed by atoms with van der Waals surface area (Å²) in [4.78, 5) is 16.1. The van der Waals surface area contributed by atoms with Gasteiger partial charge in [0.1, 0.15) is 5.82 Å². The number of aryl methyl sites for hydroxylation is 1. The van der Waals surface area contributed by atoms with Crippen molar-refractivity contribution in [3.05, 3.63) is 68.4 Å². The molecular formula is C15H9Cl2FN2O. The predicted molar refractivity (Wildman–Crippen MR) is 82.1 cm³/mol. The van der Waals surface area contributed by atoms with Gasteiger partial charge in [-0.2, -0.15) is 4.98 Å². The van der Waals surface area contributed by atoms with E-state index in [9.17, 15) is 9.18 Å². The maximum absolute atomic E-state index is 14.2. The molecule has 0 aliphatic rings. The lowest BCUT2D eigenvalue weighted by molar-refractivity contribution is 0.637. The van der Waals surface area contributed by atoms with Crippen LogP contribution >= 0.6 is 23.2 Å². The topological polar surface area (TPSA) is 34.9 Å². The molecule has 0 saturated heterocycles. The molecule has 106 valence electrons. The summed E-state index contributed by atoms with van der Waals surface area (Å²) in [5.41, 5.74) is 0.552. The molecule has 1 heterocycles. The van der Waals surface area contributed by atoms with Crippen molar-refractivity contribution in [1.82, 2.24) is 9.55 Å².